The van der Waals surface area contributed by atoms with E-state index in [4.69, 9.17) is 0 Å². The van der Waals surface area contributed by atoms with Crippen LogP contribution < -0.4 is 4.90 Å². The number of anilines is 1. The van der Waals surface area contributed by atoms with Crippen molar-refractivity contribution < 1.29 is 5.11 Å². The fourth-order valence-electron chi connectivity index (χ4n) is 4.06. The Labute approximate surface area is 158 Å². The molecule has 5 nitrogen and oxygen atoms in total. The number of aromatic nitrogens is 2. The number of hydrogen-bond acceptors (Lipinski definition) is 3. The number of piperazine rings is 1. The summed E-state index contributed by atoms with van der Waals surface area (Å²) in [5, 5.41) is 14.0. The molecule has 5 heteroatoms. The van der Waals surface area contributed by atoms with Gasteiger partial charge in [-0.05, 0) is 43.4 Å². The van der Waals surface area contributed by atoms with Crippen molar-refractivity contribution in [2.75, 3.05) is 38.1 Å². The van der Waals surface area contributed by atoms with E-state index in [0.717, 1.165) is 42.6 Å². The normalized spacial score (nSPS) is 15.9. The molecule has 2 aromatic heterocycles. The molecule has 0 aliphatic carbocycles. The van der Waals surface area contributed by atoms with Crippen LogP contribution in [-0.4, -0.2) is 52.4 Å². The van der Waals surface area contributed by atoms with E-state index in [0.29, 0.717) is 5.88 Å². The molecule has 0 radical (unpaired) electrons. The van der Waals surface area contributed by atoms with Crippen molar-refractivity contribution >= 4 is 27.4 Å². The maximum atomic E-state index is 10.9. The first-order valence-electron chi connectivity index (χ1n) is 9.43. The van der Waals surface area contributed by atoms with Crippen molar-refractivity contribution in [1.82, 2.24) is 14.0 Å². The number of rotatable bonds is 2. The molecule has 1 saturated heterocycles. The summed E-state index contributed by atoms with van der Waals surface area (Å²) in [4.78, 5) is 4.74. The third-order valence-corrected chi connectivity index (χ3v) is 5.79. The molecule has 0 bridgehead atoms. The van der Waals surface area contributed by atoms with E-state index in [1.54, 1.807) is 0 Å². The van der Waals surface area contributed by atoms with E-state index >= 15 is 0 Å². The van der Waals surface area contributed by atoms with E-state index in [1.807, 2.05) is 17.8 Å². The van der Waals surface area contributed by atoms with Crippen LogP contribution in [0.1, 0.15) is 0 Å². The Morgan fingerprint density at radius 2 is 1.59 bits per heavy atom. The summed E-state index contributed by atoms with van der Waals surface area (Å²) >= 11 is 0. The molecule has 5 rings (SSSR count). The van der Waals surface area contributed by atoms with Crippen LogP contribution in [-0.2, 0) is 7.05 Å². The van der Waals surface area contributed by atoms with Crippen LogP contribution in [0.3, 0.4) is 0 Å². The topological polar surface area (TPSA) is 36.6 Å². The highest BCUT2D eigenvalue weighted by Crippen LogP contribution is 2.34. The minimum atomic E-state index is 0.302. The van der Waals surface area contributed by atoms with Crippen LogP contribution in [0.5, 0.6) is 5.88 Å². The number of hydrogen-bond donors (Lipinski definition) is 1. The lowest BCUT2D eigenvalue weighted by atomic mass is 10.1. The summed E-state index contributed by atoms with van der Waals surface area (Å²) < 4.78 is 3.98. The van der Waals surface area contributed by atoms with Crippen LogP contribution in [0, 0.1) is 0 Å². The van der Waals surface area contributed by atoms with Gasteiger partial charge in [0.05, 0.1) is 0 Å². The van der Waals surface area contributed by atoms with Crippen LogP contribution in [0.4, 0.5) is 5.69 Å². The average molecular weight is 360 g/mol. The highest BCUT2D eigenvalue weighted by molar-refractivity contribution is 5.92. The van der Waals surface area contributed by atoms with Gasteiger partial charge in [0.15, 0.2) is 0 Å². The van der Waals surface area contributed by atoms with Gasteiger partial charge < -0.3 is 19.5 Å². The third-order valence-electron chi connectivity index (χ3n) is 5.79. The minimum Gasteiger partial charge on any atom is -0.494 e. The molecular weight excluding hydrogens is 336 g/mol. The molecule has 1 aliphatic heterocycles. The lowest BCUT2D eigenvalue weighted by molar-refractivity contribution is 0.313. The van der Waals surface area contributed by atoms with Gasteiger partial charge in [-0.1, -0.05) is 6.07 Å². The van der Waals surface area contributed by atoms with Gasteiger partial charge >= 0.3 is 0 Å². The predicted molar refractivity (Wildman–Crippen MR) is 111 cm³/mol. The zero-order valence-electron chi connectivity index (χ0n) is 15.8. The molecule has 0 spiro atoms. The smallest absolute Gasteiger partial charge is 0.203 e. The highest BCUT2D eigenvalue weighted by Gasteiger charge is 2.17. The first-order valence-corrected chi connectivity index (χ1v) is 9.43. The second-order valence-corrected chi connectivity index (χ2v) is 7.55. The van der Waals surface area contributed by atoms with Crippen molar-refractivity contribution in [1.29, 1.82) is 0 Å². The standard InChI is InChI=1S/C22H24N4O/c1-23-9-11-25(12-10-23)18-4-3-17-15-26(22(27)20(17)14-18)19-5-6-21-16(13-19)7-8-24(21)2/h3-8,13-15,27H,9-12H2,1-2H3. The zero-order valence-corrected chi connectivity index (χ0v) is 15.8. The van der Waals surface area contributed by atoms with E-state index in [2.05, 4.69) is 70.1 Å². The minimum absolute atomic E-state index is 0.302. The monoisotopic (exact) mass is 360 g/mol. The molecule has 27 heavy (non-hydrogen) atoms. The van der Waals surface area contributed by atoms with Crippen LogP contribution in [0.15, 0.2) is 54.9 Å². The molecule has 3 heterocycles. The van der Waals surface area contributed by atoms with Gasteiger partial charge in [0.2, 0.25) is 5.88 Å². The summed E-state index contributed by atoms with van der Waals surface area (Å²) in [6.45, 7) is 4.19. The summed E-state index contributed by atoms with van der Waals surface area (Å²) in [5.41, 5.74) is 3.35. The summed E-state index contributed by atoms with van der Waals surface area (Å²) in [5.74, 6) is 0.302. The highest BCUT2D eigenvalue weighted by atomic mass is 16.3. The van der Waals surface area contributed by atoms with Gasteiger partial charge in [-0.3, -0.25) is 4.57 Å². The number of likely N-dealkylation sites (N-methyl/N-ethyl adjacent to an activating group) is 1. The summed E-state index contributed by atoms with van der Waals surface area (Å²) in [6.07, 6.45) is 4.07. The second-order valence-electron chi connectivity index (χ2n) is 7.55. The number of benzene rings is 2. The van der Waals surface area contributed by atoms with Crippen molar-refractivity contribution in [3.05, 3.63) is 54.9 Å². The molecule has 4 aromatic rings. The molecule has 1 N–H and O–H groups in total. The fraction of sp³-hybridized carbons (Fsp3) is 0.273. The molecule has 0 saturated carbocycles. The van der Waals surface area contributed by atoms with Crippen molar-refractivity contribution in [3.8, 4) is 11.6 Å². The SMILES string of the molecule is CN1CCN(c2ccc3cn(-c4ccc5c(ccn5C)c4)c(O)c3c2)CC1. The molecular formula is C22H24N4O. The lowest BCUT2D eigenvalue weighted by Gasteiger charge is -2.34. The Kier molecular flexibility index (Phi) is 3.65. The first-order chi connectivity index (χ1) is 13.1. The number of aryl methyl sites for hydroxylation is 1. The fourth-order valence-corrected chi connectivity index (χ4v) is 4.06. The molecule has 1 aliphatic rings. The van der Waals surface area contributed by atoms with Crippen molar-refractivity contribution in [3.63, 3.8) is 0 Å². The largest absolute Gasteiger partial charge is 0.494 e. The molecule has 0 atom stereocenters. The third kappa shape index (κ3) is 2.66. The predicted octanol–water partition coefficient (Wildman–Crippen LogP) is 3.58. The lowest BCUT2D eigenvalue weighted by Crippen LogP contribution is -2.44. The Morgan fingerprint density at radius 1 is 0.815 bits per heavy atom. The second kappa shape index (κ2) is 6.06. The molecule has 0 unspecified atom stereocenters. The van der Waals surface area contributed by atoms with E-state index in [1.165, 1.54) is 16.6 Å². The van der Waals surface area contributed by atoms with Crippen LogP contribution in [0.25, 0.3) is 27.4 Å². The summed E-state index contributed by atoms with van der Waals surface area (Å²) in [7, 11) is 4.21. The number of nitrogens with zero attached hydrogens (tertiary/aromatic N) is 4. The van der Waals surface area contributed by atoms with Crippen LogP contribution >= 0.6 is 0 Å². The van der Waals surface area contributed by atoms with E-state index in [-0.39, 0.29) is 0 Å². The van der Waals surface area contributed by atoms with Gasteiger partial charge in [0.25, 0.3) is 0 Å². The van der Waals surface area contributed by atoms with Gasteiger partial charge in [0.1, 0.15) is 0 Å². The van der Waals surface area contributed by atoms with Crippen molar-refractivity contribution in [2.45, 2.75) is 0 Å². The van der Waals surface area contributed by atoms with E-state index in [9.17, 15) is 5.11 Å². The van der Waals surface area contributed by atoms with E-state index < -0.39 is 0 Å². The Morgan fingerprint density at radius 3 is 2.41 bits per heavy atom. The molecule has 2 aromatic carbocycles. The van der Waals surface area contributed by atoms with Gasteiger partial charge in [-0.2, -0.15) is 0 Å². The maximum Gasteiger partial charge on any atom is 0.203 e. The van der Waals surface area contributed by atoms with Gasteiger partial charge in [-0.15, -0.1) is 0 Å². The maximum absolute atomic E-state index is 10.9. The quantitative estimate of drug-likeness (QED) is 0.594. The first kappa shape index (κ1) is 16.3. The Bertz CT molecular complexity index is 1130. The number of fused-ring (bicyclic) bond motifs is 2. The summed E-state index contributed by atoms with van der Waals surface area (Å²) in [6, 6.07) is 14.8. The van der Waals surface area contributed by atoms with Crippen molar-refractivity contribution in [2.24, 2.45) is 7.05 Å². The van der Waals surface area contributed by atoms with Gasteiger partial charge in [-0.25, -0.2) is 0 Å². The molecule has 1 fully saturated rings. The molecule has 0 amide bonds. The number of aromatic hydroxyl groups is 1. The Hall–Kier alpha value is -2.92. The van der Waals surface area contributed by atoms with Gasteiger partial charge in [0, 0.05) is 78.7 Å². The zero-order chi connectivity index (χ0) is 18.5. The Balaban J connectivity index is 1.56. The van der Waals surface area contributed by atoms with Crippen LogP contribution in [0.2, 0.25) is 0 Å². The molecule has 138 valence electrons. The average Bonchev–Trinajstić information content (AvgIpc) is 3.22.